The Hall–Kier alpha value is -3.35. The summed E-state index contributed by atoms with van der Waals surface area (Å²) in [5, 5.41) is 8.48. The fourth-order valence-electron chi connectivity index (χ4n) is 2.50. The van der Waals surface area contributed by atoms with Crippen molar-refractivity contribution < 1.29 is 19.1 Å². The molecule has 148 valence electrons. The van der Waals surface area contributed by atoms with Gasteiger partial charge in [-0.2, -0.15) is 0 Å². The Kier molecular flexibility index (Phi) is 8.02. The average molecular weight is 383 g/mol. The number of anilines is 3. The third kappa shape index (κ3) is 6.75. The van der Waals surface area contributed by atoms with E-state index in [1.165, 1.54) is 6.92 Å². The number of esters is 1. The highest BCUT2D eigenvalue weighted by molar-refractivity contribution is 5.99. The van der Waals surface area contributed by atoms with Crippen LogP contribution in [0.2, 0.25) is 0 Å². The Morgan fingerprint density at radius 3 is 2.39 bits per heavy atom. The van der Waals surface area contributed by atoms with Crippen molar-refractivity contribution in [1.29, 1.82) is 0 Å². The Labute approximate surface area is 164 Å². The minimum absolute atomic E-state index is 0.205. The molecule has 0 aromatic heterocycles. The topological polar surface area (TPSA) is 96.5 Å². The number of carbonyl (C=O) groups is 3. The molecular formula is C21H25N3O4. The van der Waals surface area contributed by atoms with E-state index < -0.39 is 18.5 Å². The lowest BCUT2D eigenvalue weighted by Gasteiger charge is -2.12. The van der Waals surface area contributed by atoms with Crippen molar-refractivity contribution in [3.05, 3.63) is 54.1 Å². The Bertz CT molecular complexity index is 836. The zero-order valence-electron chi connectivity index (χ0n) is 16.1. The summed E-state index contributed by atoms with van der Waals surface area (Å²) in [5.74, 6) is -1.24. The molecule has 0 bridgehead atoms. The quantitative estimate of drug-likeness (QED) is 0.454. The molecule has 28 heavy (non-hydrogen) atoms. The van der Waals surface area contributed by atoms with E-state index in [-0.39, 0.29) is 5.91 Å². The number of para-hydroxylation sites is 1. The second-order valence-electron chi connectivity index (χ2n) is 6.21. The molecule has 0 fully saturated rings. The molecule has 0 aliphatic carbocycles. The summed E-state index contributed by atoms with van der Waals surface area (Å²) in [6, 6.07) is 13.7. The fourth-order valence-corrected chi connectivity index (χ4v) is 2.50. The van der Waals surface area contributed by atoms with Crippen molar-refractivity contribution in [2.75, 3.05) is 29.1 Å². The number of amides is 2. The van der Waals surface area contributed by atoms with E-state index in [4.69, 9.17) is 4.74 Å². The lowest BCUT2D eigenvalue weighted by molar-refractivity contribution is -0.119. The molecule has 3 N–H and O–H groups in total. The number of ether oxygens (including phenoxy) is 1. The summed E-state index contributed by atoms with van der Waals surface area (Å²) in [5.41, 5.74) is 2.13. The van der Waals surface area contributed by atoms with E-state index in [2.05, 4.69) is 22.9 Å². The number of nitrogens with one attached hydrogen (secondary N) is 3. The van der Waals surface area contributed by atoms with Crippen LogP contribution in [-0.2, 0) is 14.3 Å². The maximum atomic E-state index is 12.3. The Morgan fingerprint density at radius 1 is 0.964 bits per heavy atom. The van der Waals surface area contributed by atoms with E-state index >= 15 is 0 Å². The van der Waals surface area contributed by atoms with Crippen molar-refractivity contribution in [2.45, 2.75) is 26.7 Å². The maximum absolute atomic E-state index is 12.3. The molecule has 0 saturated carbocycles. The molecule has 0 atom stereocenters. The van der Waals surface area contributed by atoms with Crippen LogP contribution in [0, 0.1) is 0 Å². The molecule has 0 saturated heterocycles. The van der Waals surface area contributed by atoms with Gasteiger partial charge in [0.15, 0.2) is 6.61 Å². The number of hydrogen-bond acceptors (Lipinski definition) is 5. The summed E-state index contributed by atoms with van der Waals surface area (Å²) in [6.45, 7) is 3.84. The number of benzene rings is 2. The maximum Gasteiger partial charge on any atom is 0.340 e. The van der Waals surface area contributed by atoms with Gasteiger partial charge in [0.05, 0.1) is 5.56 Å². The van der Waals surface area contributed by atoms with Gasteiger partial charge in [-0.25, -0.2) is 4.79 Å². The van der Waals surface area contributed by atoms with Gasteiger partial charge in [-0.15, -0.1) is 0 Å². The number of hydrogen-bond donors (Lipinski definition) is 3. The normalized spacial score (nSPS) is 10.1. The smallest absolute Gasteiger partial charge is 0.340 e. The Balaban J connectivity index is 1.91. The van der Waals surface area contributed by atoms with Crippen LogP contribution in [0.5, 0.6) is 0 Å². The van der Waals surface area contributed by atoms with Crippen LogP contribution in [0.4, 0.5) is 17.1 Å². The fraction of sp³-hybridized carbons (Fsp3) is 0.286. The first-order chi connectivity index (χ1) is 13.5. The molecule has 2 rings (SSSR count). The summed E-state index contributed by atoms with van der Waals surface area (Å²) < 4.78 is 5.14. The zero-order valence-corrected chi connectivity index (χ0v) is 16.1. The standard InChI is InChI=1S/C21H25N3O4/c1-3-4-12-22-19-11-6-5-10-18(19)21(27)28-14-20(26)24-17-9-7-8-16(13-17)23-15(2)25/h5-11,13,22H,3-4,12,14H2,1-2H3,(H,23,25)(H,24,26). The van der Waals surface area contributed by atoms with E-state index in [9.17, 15) is 14.4 Å². The minimum Gasteiger partial charge on any atom is -0.452 e. The Morgan fingerprint density at radius 2 is 1.68 bits per heavy atom. The monoisotopic (exact) mass is 383 g/mol. The first-order valence-electron chi connectivity index (χ1n) is 9.17. The molecule has 2 amide bonds. The lowest BCUT2D eigenvalue weighted by Crippen LogP contribution is -2.21. The molecule has 0 radical (unpaired) electrons. The highest BCUT2D eigenvalue weighted by Gasteiger charge is 2.14. The molecule has 2 aromatic rings. The number of unbranched alkanes of at least 4 members (excludes halogenated alkanes) is 1. The predicted octanol–water partition coefficient (Wildman–Crippen LogP) is 3.65. The minimum atomic E-state index is -0.568. The summed E-state index contributed by atoms with van der Waals surface area (Å²) >= 11 is 0. The average Bonchev–Trinajstić information content (AvgIpc) is 2.66. The summed E-state index contributed by atoms with van der Waals surface area (Å²) in [4.78, 5) is 35.5. The van der Waals surface area contributed by atoms with Crippen LogP contribution in [0.15, 0.2) is 48.5 Å². The first kappa shape index (κ1) is 21.0. The van der Waals surface area contributed by atoms with E-state index in [0.29, 0.717) is 22.6 Å². The lowest BCUT2D eigenvalue weighted by atomic mass is 10.1. The highest BCUT2D eigenvalue weighted by atomic mass is 16.5. The van der Waals surface area contributed by atoms with E-state index in [0.717, 1.165) is 19.4 Å². The van der Waals surface area contributed by atoms with E-state index in [1.54, 1.807) is 42.5 Å². The third-order valence-corrected chi connectivity index (χ3v) is 3.79. The highest BCUT2D eigenvalue weighted by Crippen LogP contribution is 2.17. The number of carbonyl (C=O) groups excluding carboxylic acids is 3. The zero-order chi connectivity index (χ0) is 20.4. The summed E-state index contributed by atoms with van der Waals surface area (Å²) in [6.07, 6.45) is 2.03. The van der Waals surface area contributed by atoms with Gasteiger partial charge in [-0.3, -0.25) is 9.59 Å². The molecule has 0 aliphatic rings. The molecule has 0 heterocycles. The van der Waals surface area contributed by atoms with Crippen molar-refractivity contribution in [2.24, 2.45) is 0 Å². The van der Waals surface area contributed by atoms with Crippen LogP contribution in [-0.4, -0.2) is 30.9 Å². The van der Waals surface area contributed by atoms with Crippen LogP contribution >= 0.6 is 0 Å². The van der Waals surface area contributed by atoms with Crippen LogP contribution < -0.4 is 16.0 Å². The first-order valence-corrected chi connectivity index (χ1v) is 9.17. The van der Waals surface area contributed by atoms with E-state index in [1.807, 2.05) is 6.07 Å². The van der Waals surface area contributed by atoms with Crippen molar-refractivity contribution in [3.63, 3.8) is 0 Å². The van der Waals surface area contributed by atoms with Crippen LogP contribution in [0.25, 0.3) is 0 Å². The third-order valence-electron chi connectivity index (χ3n) is 3.79. The molecule has 7 nitrogen and oxygen atoms in total. The second-order valence-corrected chi connectivity index (χ2v) is 6.21. The van der Waals surface area contributed by atoms with Crippen molar-refractivity contribution >= 4 is 34.8 Å². The van der Waals surface area contributed by atoms with Gasteiger partial charge in [-0.05, 0) is 36.8 Å². The summed E-state index contributed by atoms with van der Waals surface area (Å²) in [7, 11) is 0. The molecule has 2 aromatic carbocycles. The van der Waals surface area contributed by atoms with Gasteiger partial charge >= 0.3 is 5.97 Å². The SMILES string of the molecule is CCCCNc1ccccc1C(=O)OCC(=O)Nc1cccc(NC(C)=O)c1. The van der Waals surface area contributed by atoms with Crippen LogP contribution in [0.3, 0.4) is 0 Å². The molecular weight excluding hydrogens is 358 g/mol. The van der Waals surface area contributed by atoms with Gasteiger partial charge in [-0.1, -0.05) is 31.5 Å². The largest absolute Gasteiger partial charge is 0.452 e. The van der Waals surface area contributed by atoms with Gasteiger partial charge < -0.3 is 20.7 Å². The predicted molar refractivity (Wildman–Crippen MR) is 109 cm³/mol. The number of rotatable bonds is 9. The van der Waals surface area contributed by atoms with Gasteiger partial charge in [0.2, 0.25) is 5.91 Å². The van der Waals surface area contributed by atoms with Gasteiger partial charge in [0.1, 0.15) is 0 Å². The van der Waals surface area contributed by atoms with Gasteiger partial charge in [0, 0.05) is 30.5 Å². The molecule has 0 unspecified atom stereocenters. The second kappa shape index (κ2) is 10.7. The van der Waals surface area contributed by atoms with Crippen molar-refractivity contribution in [1.82, 2.24) is 0 Å². The van der Waals surface area contributed by atoms with Gasteiger partial charge in [0.25, 0.3) is 5.91 Å². The van der Waals surface area contributed by atoms with Crippen LogP contribution in [0.1, 0.15) is 37.0 Å². The molecule has 7 heteroatoms. The van der Waals surface area contributed by atoms with Crippen molar-refractivity contribution in [3.8, 4) is 0 Å². The molecule has 0 aliphatic heterocycles. The molecule has 0 spiro atoms.